The molecule has 0 unspecified atom stereocenters. The van der Waals surface area contributed by atoms with Crippen molar-refractivity contribution in [2.45, 2.75) is 65.1 Å². The van der Waals surface area contributed by atoms with Crippen LogP contribution in [0.5, 0.6) is 5.75 Å². The number of carbonyl (C=O) groups excluding carboxylic acids is 1. The van der Waals surface area contributed by atoms with Gasteiger partial charge < -0.3 is 10.1 Å². The average Bonchev–Trinajstić information content (AvgIpc) is 2.68. The van der Waals surface area contributed by atoms with Gasteiger partial charge in [0.2, 0.25) is 0 Å². The number of hydrogen-bond donors (Lipinski definition) is 1. The average molecular weight is 407 g/mol. The second kappa shape index (κ2) is 8.43. The Morgan fingerprint density at radius 1 is 1.20 bits per heavy atom. The minimum absolute atomic E-state index is 0.0247. The normalized spacial score (nSPS) is 23.3. The summed E-state index contributed by atoms with van der Waals surface area (Å²) in [6.45, 7) is 11.9. The molecule has 1 amide bonds. The summed E-state index contributed by atoms with van der Waals surface area (Å²) in [5, 5.41) is 3.25. The lowest BCUT2D eigenvalue weighted by atomic mass is 9.88. The molecule has 30 heavy (non-hydrogen) atoms. The van der Waals surface area contributed by atoms with Gasteiger partial charge in [-0.25, -0.2) is 0 Å². The Labute approximate surface area is 180 Å². The molecule has 1 saturated heterocycles. The zero-order valence-electron chi connectivity index (χ0n) is 18.7. The van der Waals surface area contributed by atoms with E-state index in [0.717, 1.165) is 30.2 Å². The number of rotatable bonds is 4. The van der Waals surface area contributed by atoms with Crippen molar-refractivity contribution in [3.05, 3.63) is 64.7 Å². The first kappa shape index (κ1) is 20.9. The summed E-state index contributed by atoms with van der Waals surface area (Å²) in [4.78, 5) is 15.5. The van der Waals surface area contributed by atoms with Crippen LogP contribution in [0.3, 0.4) is 0 Å². The Hall–Kier alpha value is -2.33. The number of hydrogen-bond acceptors (Lipinski definition) is 3. The molecule has 0 aromatic heterocycles. The van der Waals surface area contributed by atoms with Crippen molar-refractivity contribution in [3.8, 4) is 5.75 Å². The van der Waals surface area contributed by atoms with E-state index in [9.17, 15) is 4.79 Å². The quantitative estimate of drug-likeness (QED) is 0.753. The minimum atomic E-state index is -0.310. The van der Waals surface area contributed by atoms with E-state index in [-0.39, 0.29) is 17.6 Å². The molecule has 0 aliphatic carbocycles. The first-order chi connectivity index (χ1) is 14.3. The standard InChI is InChI=1S/C26H34N2O2/c1-18-7-12-24-22(14-18)23(15-26(3,4)30-24)27-25(29)21-10-8-20(9-11-21)17-28-13-5-6-19(2)16-28/h7-12,14,19,23H,5-6,13,15-17H2,1-4H3,(H,27,29)/t19-,23+/m0/s1. The molecular formula is C26H34N2O2. The van der Waals surface area contributed by atoms with Gasteiger partial charge in [-0.05, 0) is 69.8 Å². The van der Waals surface area contributed by atoms with Crippen molar-refractivity contribution in [2.75, 3.05) is 13.1 Å². The van der Waals surface area contributed by atoms with E-state index in [0.29, 0.717) is 5.56 Å². The van der Waals surface area contributed by atoms with Crippen molar-refractivity contribution in [2.24, 2.45) is 5.92 Å². The maximum absolute atomic E-state index is 13.0. The molecule has 4 heteroatoms. The van der Waals surface area contributed by atoms with E-state index in [1.807, 2.05) is 18.2 Å². The molecule has 2 aromatic carbocycles. The Bertz CT molecular complexity index is 904. The summed E-state index contributed by atoms with van der Waals surface area (Å²) in [7, 11) is 0. The van der Waals surface area contributed by atoms with Crippen LogP contribution >= 0.6 is 0 Å². The predicted molar refractivity (Wildman–Crippen MR) is 121 cm³/mol. The molecule has 2 atom stereocenters. The number of benzene rings is 2. The lowest BCUT2D eigenvalue weighted by molar-refractivity contribution is 0.0619. The molecule has 4 rings (SSSR count). The van der Waals surface area contributed by atoms with Crippen LogP contribution in [0.15, 0.2) is 42.5 Å². The van der Waals surface area contributed by atoms with Gasteiger partial charge in [0.25, 0.3) is 5.91 Å². The fourth-order valence-corrected chi connectivity index (χ4v) is 4.79. The zero-order valence-corrected chi connectivity index (χ0v) is 18.7. The highest BCUT2D eigenvalue weighted by atomic mass is 16.5. The smallest absolute Gasteiger partial charge is 0.251 e. The molecule has 0 spiro atoms. The third-order valence-corrected chi connectivity index (χ3v) is 6.29. The molecule has 160 valence electrons. The van der Waals surface area contributed by atoms with Crippen LogP contribution in [0, 0.1) is 12.8 Å². The first-order valence-corrected chi connectivity index (χ1v) is 11.2. The van der Waals surface area contributed by atoms with Crippen molar-refractivity contribution in [3.63, 3.8) is 0 Å². The Kier molecular flexibility index (Phi) is 5.88. The molecular weight excluding hydrogens is 372 g/mol. The van der Waals surface area contributed by atoms with Crippen LogP contribution in [0.1, 0.15) is 73.1 Å². The summed E-state index contributed by atoms with van der Waals surface area (Å²) in [5.74, 6) is 1.62. The molecule has 2 aliphatic rings. The molecule has 0 radical (unpaired) electrons. The van der Waals surface area contributed by atoms with Crippen LogP contribution < -0.4 is 10.1 Å². The van der Waals surface area contributed by atoms with Gasteiger partial charge >= 0.3 is 0 Å². The molecule has 1 N–H and O–H groups in total. The maximum atomic E-state index is 13.0. The second-order valence-corrected chi connectivity index (χ2v) is 9.81. The third kappa shape index (κ3) is 4.86. The van der Waals surface area contributed by atoms with Crippen molar-refractivity contribution < 1.29 is 9.53 Å². The van der Waals surface area contributed by atoms with Crippen LogP contribution in [-0.2, 0) is 6.54 Å². The number of aryl methyl sites for hydroxylation is 1. The number of nitrogens with one attached hydrogen (secondary N) is 1. The summed E-state index contributed by atoms with van der Waals surface area (Å²) in [6.07, 6.45) is 3.37. The van der Waals surface area contributed by atoms with Gasteiger partial charge in [-0.3, -0.25) is 9.69 Å². The van der Waals surface area contributed by atoms with Gasteiger partial charge in [0.05, 0.1) is 6.04 Å². The van der Waals surface area contributed by atoms with Crippen LogP contribution in [0.2, 0.25) is 0 Å². The third-order valence-electron chi connectivity index (χ3n) is 6.29. The SMILES string of the molecule is Cc1ccc2c(c1)[C@H](NC(=O)c1ccc(CN3CCC[C@H](C)C3)cc1)CC(C)(C)O2. The zero-order chi connectivity index (χ0) is 21.3. The summed E-state index contributed by atoms with van der Waals surface area (Å²) >= 11 is 0. The largest absolute Gasteiger partial charge is 0.487 e. The van der Waals surface area contributed by atoms with E-state index in [4.69, 9.17) is 4.74 Å². The van der Waals surface area contributed by atoms with Crippen molar-refractivity contribution in [1.82, 2.24) is 10.2 Å². The number of piperidine rings is 1. The fourth-order valence-electron chi connectivity index (χ4n) is 4.79. The summed E-state index contributed by atoms with van der Waals surface area (Å²) in [5.41, 5.74) is 3.92. The Morgan fingerprint density at radius 2 is 1.97 bits per heavy atom. The Balaban J connectivity index is 1.44. The van der Waals surface area contributed by atoms with Crippen LogP contribution in [0.25, 0.3) is 0 Å². The number of nitrogens with zero attached hydrogens (tertiary/aromatic N) is 1. The number of amides is 1. The predicted octanol–water partition coefficient (Wildman–Crippen LogP) is 5.26. The lowest BCUT2D eigenvalue weighted by Gasteiger charge is -2.38. The monoisotopic (exact) mass is 406 g/mol. The van der Waals surface area contributed by atoms with Gasteiger partial charge in [-0.15, -0.1) is 0 Å². The Morgan fingerprint density at radius 3 is 2.70 bits per heavy atom. The molecule has 2 aliphatic heterocycles. The van der Waals surface area contributed by atoms with E-state index >= 15 is 0 Å². The lowest BCUT2D eigenvalue weighted by Crippen LogP contribution is -2.41. The van der Waals surface area contributed by atoms with Gasteiger partial charge in [-0.1, -0.05) is 36.8 Å². The highest BCUT2D eigenvalue weighted by Crippen LogP contribution is 2.40. The highest BCUT2D eigenvalue weighted by molar-refractivity contribution is 5.94. The number of ether oxygens (including phenoxy) is 1. The molecule has 2 aromatic rings. The first-order valence-electron chi connectivity index (χ1n) is 11.2. The van der Waals surface area contributed by atoms with Crippen molar-refractivity contribution in [1.29, 1.82) is 0 Å². The molecule has 4 nitrogen and oxygen atoms in total. The van der Waals surface area contributed by atoms with E-state index in [2.05, 4.69) is 62.2 Å². The number of likely N-dealkylation sites (tertiary alicyclic amines) is 1. The summed E-state index contributed by atoms with van der Waals surface area (Å²) in [6, 6.07) is 14.3. The fraction of sp³-hybridized carbons (Fsp3) is 0.500. The minimum Gasteiger partial charge on any atom is -0.487 e. The van der Waals surface area contributed by atoms with Crippen molar-refractivity contribution >= 4 is 5.91 Å². The topological polar surface area (TPSA) is 41.6 Å². The molecule has 0 saturated carbocycles. The summed E-state index contributed by atoms with van der Waals surface area (Å²) < 4.78 is 6.13. The van der Waals surface area contributed by atoms with E-state index < -0.39 is 0 Å². The van der Waals surface area contributed by atoms with E-state index in [1.54, 1.807) is 0 Å². The van der Waals surface area contributed by atoms with Gasteiger partial charge in [0.1, 0.15) is 11.4 Å². The molecule has 0 bridgehead atoms. The van der Waals surface area contributed by atoms with Gasteiger partial charge in [-0.2, -0.15) is 0 Å². The van der Waals surface area contributed by atoms with E-state index in [1.165, 1.54) is 37.1 Å². The van der Waals surface area contributed by atoms with Crippen LogP contribution in [-0.4, -0.2) is 29.5 Å². The molecule has 1 fully saturated rings. The number of fused-ring (bicyclic) bond motifs is 1. The van der Waals surface area contributed by atoms with Gasteiger partial charge in [0, 0.05) is 30.6 Å². The van der Waals surface area contributed by atoms with Crippen LogP contribution in [0.4, 0.5) is 0 Å². The second-order valence-electron chi connectivity index (χ2n) is 9.81. The highest BCUT2D eigenvalue weighted by Gasteiger charge is 2.34. The van der Waals surface area contributed by atoms with Gasteiger partial charge in [0.15, 0.2) is 0 Å². The maximum Gasteiger partial charge on any atom is 0.251 e. The molecule has 2 heterocycles. The number of carbonyl (C=O) groups is 1.